The second-order valence-corrected chi connectivity index (χ2v) is 9.13. The molecule has 1 saturated heterocycles. The van der Waals surface area contributed by atoms with Gasteiger partial charge in [-0.25, -0.2) is 8.42 Å². The number of hydrogen-bond acceptors (Lipinski definition) is 8. The van der Waals surface area contributed by atoms with Crippen molar-refractivity contribution in [2.45, 2.75) is 11.4 Å². The van der Waals surface area contributed by atoms with Crippen LogP contribution < -0.4 is 0 Å². The summed E-state index contributed by atoms with van der Waals surface area (Å²) in [5.41, 5.74) is 2.71. The zero-order valence-electron chi connectivity index (χ0n) is 14.9. The van der Waals surface area contributed by atoms with Crippen LogP contribution in [-0.4, -0.2) is 57.7 Å². The van der Waals surface area contributed by atoms with Gasteiger partial charge in [0.25, 0.3) is 0 Å². The lowest BCUT2D eigenvalue weighted by atomic mass is 10.2. The van der Waals surface area contributed by atoms with Crippen LogP contribution in [0.15, 0.2) is 51.9 Å². The number of para-hydroxylation sites is 1. The Hall–Kier alpha value is -2.40. The minimum atomic E-state index is -3.60. The van der Waals surface area contributed by atoms with Crippen LogP contribution in [0, 0.1) is 0 Å². The minimum absolute atomic E-state index is 0.231. The normalized spacial score (nSPS) is 16.9. The highest BCUT2D eigenvalue weighted by atomic mass is 32.2. The molecule has 4 aromatic rings. The fraction of sp³-hybridized carbons (Fsp3) is 0.278. The smallest absolute Gasteiger partial charge is 0.245 e. The van der Waals surface area contributed by atoms with Gasteiger partial charge < -0.3 is 4.52 Å². The summed E-state index contributed by atoms with van der Waals surface area (Å²) in [5, 5.41) is 5.17. The molecule has 0 atom stereocenters. The summed E-state index contributed by atoms with van der Waals surface area (Å²) in [6.45, 7) is 2.74. The van der Waals surface area contributed by atoms with E-state index in [1.165, 1.54) is 4.31 Å². The molecule has 0 radical (unpaired) electrons. The summed E-state index contributed by atoms with van der Waals surface area (Å²) < 4.78 is 41.4. The topological polar surface area (TPSA) is 92.4 Å². The highest BCUT2D eigenvalue weighted by Crippen LogP contribution is 2.26. The Morgan fingerprint density at radius 3 is 2.68 bits per heavy atom. The fourth-order valence-electron chi connectivity index (χ4n) is 3.52. The van der Waals surface area contributed by atoms with Crippen molar-refractivity contribution < 1.29 is 12.9 Å². The molecule has 8 nitrogen and oxygen atoms in total. The Balaban J connectivity index is 1.32. The number of sulfonamides is 1. The van der Waals surface area contributed by atoms with Crippen molar-refractivity contribution in [1.29, 1.82) is 0 Å². The second-order valence-electron chi connectivity index (χ2n) is 6.69. The molecule has 0 aliphatic carbocycles. The van der Waals surface area contributed by atoms with Crippen LogP contribution in [0.2, 0.25) is 0 Å². The van der Waals surface area contributed by atoms with E-state index in [0.29, 0.717) is 43.8 Å². The molecule has 28 heavy (non-hydrogen) atoms. The summed E-state index contributed by atoms with van der Waals surface area (Å²) in [6, 6.07) is 12.9. The average Bonchev–Trinajstić information content (AvgIpc) is 3.35. The van der Waals surface area contributed by atoms with E-state index in [4.69, 9.17) is 4.52 Å². The highest BCUT2D eigenvalue weighted by molar-refractivity contribution is 7.89. The van der Waals surface area contributed by atoms with Gasteiger partial charge in [0.1, 0.15) is 21.6 Å². The van der Waals surface area contributed by atoms with E-state index < -0.39 is 10.0 Å². The second kappa shape index (κ2) is 6.89. The summed E-state index contributed by atoms with van der Waals surface area (Å²) in [5.74, 6) is 0. The zero-order chi connectivity index (χ0) is 19.1. The fourth-order valence-corrected chi connectivity index (χ4v) is 5.70. The summed E-state index contributed by atoms with van der Waals surface area (Å²) in [6.07, 6.45) is 0. The number of rotatable bonds is 4. The van der Waals surface area contributed by atoms with Gasteiger partial charge in [-0.2, -0.15) is 13.1 Å². The van der Waals surface area contributed by atoms with Gasteiger partial charge in [-0.05, 0) is 24.3 Å². The van der Waals surface area contributed by atoms with Crippen LogP contribution >= 0.6 is 11.7 Å². The Bertz CT molecular complexity index is 1240. The summed E-state index contributed by atoms with van der Waals surface area (Å²) >= 11 is 1.03. The molecule has 3 heterocycles. The third-order valence-electron chi connectivity index (χ3n) is 5.02. The third kappa shape index (κ3) is 2.98. The first-order valence-electron chi connectivity index (χ1n) is 8.90. The van der Waals surface area contributed by atoms with Crippen molar-refractivity contribution in [2.24, 2.45) is 0 Å². The summed E-state index contributed by atoms with van der Waals surface area (Å²) in [7, 11) is -3.60. The van der Waals surface area contributed by atoms with E-state index in [9.17, 15) is 8.42 Å². The zero-order valence-corrected chi connectivity index (χ0v) is 16.5. The molecular formula is C18H17N5O3S2. The molecule has 0 saturated carbocycles. The van der Waals surface area contributed by atoms with Gasteiger partial charge in [0.15, 0.2) is 5.58 Å². The maximum atomic E-state index is 13.1. The summed E-state index contributed by atoms with van der Waals surface area (Å²) in [4.78, 5) is 2.43. The SMILES string of the molecule is O=S(=O)(c1cccc2nsnc12)N1CCN(Cc2noc3ccccc23)CC1. The molecule has 5 rings (SSSR count). The number of fused-ring (bicyclic) bond motifs is 2. The number of hydrogen-bond donors (Lipinski definition) is 0. The van der Waals surface area contributed by atoms with E-state index in [-0.39, 0.29) is 4.90 Å². The minimum Gasteiger partial charge on any atom is -0.356 e. The van der Waals surface area contributed by atoms with E-state index in [1.54, 1.807) is 18.2 Å². The first kappa shape index (κ1) is 17.7. The monoisotopic (exact) mass is 415 g/mol. The molecule has 1 aliphatic rings. The number of nitrogens with zero attached hydrogens (tertiary/aromatic N) is 5. The standard InChI is InChI=1S/C18H17N5O3S2/c24-28(25,17-7-3-5-14-18(17)21-27-20-14)23-10-8-22(9-11-23)12-15-13-4-1-2-6-16(13)26-19-15/h1-7H,8-12H2. The van der Waals surface area contributed by atoms with Gasteiger partial charge >= 0.3 is 0 Å². The van der Waals surface area contributed by atoms with Crippen molar-refractivity contribution in [1.82, 2.24) is 23.1 Å². The lowest BCUT2D eigenvalue weighted by Crippen LogP contribution is -2.48. The Labute approximate surface area is 165 Å². The Kier molecular flexibility index (Phi) is 4.35. The molecule has 10 heteroatoms. The van der Waals surface area contributed by atoms with Gasteiger partial charge in [-0.1, -0.05) is 23.4 Å². The van der Waals surface area contributed by atoms with E-state index >= 15 is 0 Å². The molecule has 0 unspecified atom stereocenters. The number of piperazine rings is 1. The molecule has 1 aliphatic heterocycles. The molecule has 2 aromatic carbocycles. The van der Waals surface area contributed by atoms with E-state index in [2.05, 4.69) is 18.8 Å². The van der Waals surface area contributed by atoms with E-state index in [0.717, 1.165) is 28.4 Å². The molecule has 1 fully saturated rings. The van der Waals surface area contributed by atoms with E-state index in [1.807, 2.05) is 24.3 Å². The Morgan fingerprint density at radius 1 is 1.00 bits per heavy atom. The molecule has 144 valence electrons. The van der Waals surface area contributed by atoms with Crippen LogP contribution in [0.4, 0.5) is 0 Å². The Morgan fingerprint density at radius 2 is 1.82 bits per heavy atom. The van der Waals surface area contributed by atoms with Crippen LogP contribution in [0.1, 0.15) is 5.69 Å². The van der Waals surface area contributed by atoms with Crippen LogP contribution in [0.25, 0.3) is 22.0 Å². The molecule has 0 bridgehead atoms. The van der Waals surface area contributed by atoms with Gasteiger partial charge in [-0.3, -0.25) is 4.90 Å². The lowest BCUT2D eigenvalue weighted by molar-refractivity contribution is 0.178. The van der Waals surface area contributed by atoms with Crippen LogP contribution in [0.5, 0.6) is 0 Å². The highest BCUT2D eigenvalue weighted by Gasteiger charge is 2.31. The molecule has 0 spiro atoms. The number of aromatic nitrogens is 3. The van der Waals surface area contributed by atoms with Crippen molar-refractivity contribution in [3.8, 4) is 0 Å². The first-order chi connectivity index (χ1) is 13.6. The van der Waals surface area contributed by atoms with Crippen LogP contribution in [-0.2, 0) is 16.6 Å². The quantitative estimate of drug-likeness (QED) is 0.505. The molecule has 2 aromatic heterocycles. The maximum absolute atomic E-state index is 13.1. The lowest BCUT2D eigenvalue weighted by Gasteiger charge is -2.33. The van der Waals surface area contributed by atoms with Gasteiger partial charge in [0.05, 0.1) is 11.7 Å². The van der Waals surface area contributed by atoms with Crippen molar-refractivity contribution >= 4 is 43.8 Å². The first-order valence-corrected chi connectivity index (χ1v) is 11.1. The third-order valence-corrected chi connectivity index (χ3v) is 7.50. The predicted octanol–water partition coefficient (Wildman–Crippen LogP) is 2.34. The van der Waals surface area contributed by atoms with Gasteiger partial charge in [-0.15, -0.1) is 0 Å². The molecular weight excluding hydrogens is 398 g/mol. The van der Waals surface area contributed by atoms with Crippen molar-refractivity contribution in [2.75, 3.05) is 26.2 Å². The maximum Gasteiger partial charge on any atom is 0.245 e. The molecule has 0 N–H and O–H groups in total. The predicted molar refractivity (Wildman–Crippen MR) is 105 cm³/mol. The number of benzene rings is 2. The largest absolute Gasteiger partial charge is 0.356 e. The van der Waals surface area contributed by atoms with Crippen molar-refractivity contribution in [3.05, 3.63) is 48.2 Å². The van der Waals surface area contributed by atoms with Gasteiger partial charge in [0.2, 0.25) is 10.0 Å². The average molecular weight is 416 g/mol. The van der Waals surface area contributed by atoms with Gasteiger partial charge in [0, 0.05) is 38.1 Å². The molecule has 0 amide bonds. The van der Waals surface area contributed by atoms with Crippen LogP contribution in [0.3, 0.4) is 0 Å². The van der Waals surface area contributed by atoms with Crippen molar-refractivity contribution in [3.63, 3.8) is 0 Å².